The van der Waals surface area contributed by atoms with E-state index in [2.05, 4.69) is 15.4 Å². The quantitative estimate of drug-likeness (QED) is 0.926. The van der Waals surface area contributed by atoms with E-state index in [9.17, 15) is 13.2 Å². The van der Waals surface area contributed by atoms with Crippen LogP contribution in [0.5, 0.6) is 0 Å². The molecule has 2 heterocycles. The normalized spacial score (nSPS) is 30.7. The van der Waals surface area contributed by atoms with Crippen LogP contribution < -0.4 is 5.32 Å². The van der Waals surface area contributed by atoms with Crippen LogP contribution >= 0.6 is 0 Å². The number of hydrogen-bond acceptors (Lipinski definition) is 3. The SMILES string of the molecule is FC(F)(F)C12CCC(CNc3ccc4nccn4n3)(CC1)CC2. The fourth-order valence-corrected chi connectivity index (χ4v) is 4.14. The molecule has 0 aromatic carbocycles. The molecular formula is C16H19F3N4. The molecule has 0 unspecified atom stereocenters. The number of hydrogen-bond donors (Lipinski definition) is 1. The van der Waals surface area contributed by atoms with Crippen LogP contribution in [0.2, 0.25) is 0 Å². The van der Waals surface area contributed by atoms with Crippen molar-refractivity contribution in [1.82, 2.24) is 14.6 Å². The Morgan fingerprint density at radius 2 is 1.78 bits per heavy atom. The minimum atomic E-state index is -4.05. The van der Waals surface area contributed by atoms with E-state index >= 15 is 0 Å². The van der Waals surface area contributed by atoms with Crippen LogP contribution in [0.3, 0.4) is 0 Å². The Morgan fingerprint density at radius 1 is 1.09 bits per heavy atom. The molecule has 2 bridgehead atoms. The number of nitrogens with zero attached hydrogens (tertiary/aromatic N) is 3. The second-order valence-corrected chi connectivity index (χ2v) is 7.08. The van der Waals surface area contributed by atoms with Gasteiger partial charge in [-0.1, -0.05) is 0 Å². The summed E-state index contributed by atoms with van der Waals surface area (Å²) in [5, 5.41) is 7.74. The highest BCUT2D eigenvalue weighted by atomic mass is 19.4. The van der Waals surface area contributed by atoms with Crippen molar-refractivity contribution >= 4 is 11.5 Å². The van der Waals surface area contributed by atoms with Crippen LogP contribution in [0.25, 0.3) is 5.65 Å². The van der Waals surface area contributed by atoms with Gasteiger partial charge in [0.05, 0.1) is 5.41 Å². The summed E-state index contributed by atoms with van der Waals surface area (Å²) in [5.41, 5.74) is -0.652. The molecule has 0 atom stereocenters. The summed E-state index contributed by atoms with van der Waals surface area (Å²) in [5.74, 6) is 0.739. The smallest absolute Gasteiger partial charge is 0.368 e. The number of alkyl halides is 3. The maximum absolute atomic E-state index is 13.3. The van der Waals surface area contributed by atoms with Gasteiger partial charge in [0.1, 0.15) is 5.82 Å². The van der Waals surface area contributed by atoms with Crippen molar-refractivity contribution < 1.29 is 13.2 Å². The lowest BCUT2D eigenvalue weighted by molar-refractivity contribution is -0.258. The van der Waals surface area contributed by atoms with Crippen LogP contribution in [-0.2, 0) is 0 Å². The molecule has 3 aliphatic rings. The predicted molar refractivity (Wildman–Crippen MR) is 80.1 cm³/mol. The molecule has 124 valence electrons. The molecule has 7 heteroatoms. The maximum atomic E-state index is 13.3. The van der Waals surface area contributed by atoms with Crippen molar-refractivity contribution in [2.75, 3.05) is 11.9 Å². The Morgan fingerprint density at radius 3 is 2.43 bits per heavy atom. The molecule has 3 saturated carbocycles. The van der Waals surface area contributed by atoms with Gasteiger partial charge in [-0.15, -0.1) is 5.10 Å². The third kappa shape index (κ3) is 2.37. The first-order valence-corrected chi connectivity index (χ1v) is 8.03. The molecule has 0 saturated heterocycles. The second kappa shape index (κ2) is 4.85. The Hall–Kier alpha value is -1.79. The topological polar surface area (TPSA) is 42.2 Å². The lowest BCUT2D eigenvalue weighted by Gasteiger charge is -2.53. The van der Waals surface area contributed by atoms with Crippen molar-refractivity contribution in [3.63, 3.8) is 0 Å². The Labute approximate surface area is 132 Å². The molecule has 0 aliphatic heterocycles. The van der Waals surface area contributed by atoms with Gasteiger partial charge in [-0.2, -0.15) is 13.2 Å². The van der Waals surface area contributed by atoms with Gasteiger partial charge in [-0.25, -0.2) is 9.50 Å². The van der Waals surface area contributed by atoms with Gasteiger partial charge in [-0.3, -0.25) is 0 Å². The average Bonchev–Trinajstić information content (AvgIpc) is 3.01. The molecule has 5 rings (SSSR count). The molecule has 1 N–H and O–H groups in total. The first kappa shape index (κ1) is 14.8. The maximum Gasteiger partial charge on any atom is 0.394 e. The van der Waals surface area contributed by atoms with Crippen molar-refractivity contribution in [2.45, 2.75) is 44.7 Å². The van der Waals surface area contributed by atoms with Gasteiger partial charge < -0.3 is 5.32 Å². The summed E-state index contributed by atoms with van der Waals surface area (Å²) in [6.45, 7) is 0.689. The highest BCUT2D eigenvalue weighted by molar-refractivity contribution is 5.44. The van der Waals surface area contributed by atoms with Gasteiger partial charge in [0.25, 0.3) is 0 Å². The number of halogens is 3. The average molecular weight is 324 g/mol. The van der Waals surface area contributed by atoms with Gasteiger partial charge in [0, 0.05) is 18.9 Å². The fraction of sp³-hybridized carbons (Fsp3) is 0.625. The van der Waals surface area contributed by atoms with E-state index in [0.29, 0.717) is 25.8 Å². The zero-order chi connectivity index (χ0) is 16.1. The third-order valence-electron chi connectivity index (χ3n) is 5.90. The third-order valence-corrected chi connectivity index (χ3v) is 5.90. The summed E-state index contributed by atoms with van der Waals surface area (Å²) in [4.78, 5) is 4.14. The molecule has 2 aromatic heterocycles. The van der Waals surface area contributed by atoms with Gasteiger partial charge in [0.15, 0.2) is 5.65 Å². The second-order valence-electron chi connectivity index (χ2n) is 7.08. The Balaban J connectivity index is 1.44. The molecule has 2 aromatic rings. The Bertz CT molecular complexity index is 697. The minimum absolute atomic E-state index is 0.0153. The number of imidazole rings is 1. The van der Waals surface area contributed by atoms with E-state index in [1.165, 1.54) is 0 Å². The molecular weight excluding hydrogens is 305 g/mol. The number of fused-ring (bicyclic) bond motifs is 4. The van der Waals surface area contributed by atoms with Crippen molar-refractivity contribution in [2.24, 2.45) is 10.8 Å². The molecule has 3 fully saturated rings. The molecule has 0 spiro atoms. The monoisotopic (exact) mass is 324 g/mol. The number of aromatic nitrogens is 3. The van der Waals surface area contributed by atoms with Crippen LogP contribution in [0.4, 0.5) is 19.0 Å². The number of nitrogens with one attached hydrogen (secondary N) is 1. The minimum Gasteiger partial charge on any atom is -0.368 e. The largest absolute Gasteiger partial charge is 0.394 e. The molecule has 4 nitrogen and oxygen atoms in total. The molecule has 23 heavy (non-hydrogen) atoms. The molecule has 0 radical (unpaired) electrons. The van der Waals surface area contributed by atoms with Gasteiger partial charge in [-0.05, 0) is 56.1 Å². The first-order valence-electron chi connectivity index (χ1n) is 8.03. The van der Waals surface area contributed by atoms with Crippen LogP contribution in [0, 0.1) is 10.8 Å². The van der Waals surface area contributed by atoms with Gasteiger partial charge >= 0.3 is 6.18 Å². The van der Waals surface area contributed by atoms with Crippen LogP contribution in [0.1, 0.15) is 38.5 Å². The van der Waals surface area contributed by atoms with E-state index in [1.807, 2.05) is 12.1 Å². The highest BCUT2D eigenvalue weighted by Gasteiger charge is 2.61. The van der Waals surface area contributed by atoms with Crippen molar-refractivity contribution in [3.05, 3.63) is 24.5 Å². The lowest BCUT2D eigenvalue weighted by Crippen LogP contribution is -2.51. The van der Waals surface area contributed by atoms with E-state index < -0.39 is 11.6 Å². The van der Waals surface area contributed by atoms with E-state index in [4.69, 9.17) is 0 Å². The summed E-state index contributed by atoms with van der Waals surface area (Å²) in [7, 11) is 0. The van der Waals surface area contributed by atoms with Gasteiger partial charge in [0.2, 0.25) is 0 Å². The van der Waals surface area contributed by atoms with Crippen molar-refractivity contribution in [3.8, 4) is 0 Å². The standard InChI is InChI=1S/C16H19F3N4/c17-16(18,19)15-6-3-14(4-7-15,5-8-15)11-21-12-1-2-13-20-9-10-23(13)22-12/h1-2,9-10H,3-8,11H2,(H,21,22). The predicted octanol–water partition coefficient (Wildman–Crippen LogP) is 4.04. The summed E-state index contributed by atoms with van der Waals surface area (Å²) >= 11 is 0. The number of rotatable bonds is 3. The van der Waals surface area contributed by atoms with Crippen LogP contribution in [0.15, 0.2) is 24.5 Å². The highest BCUT2D eigenvalue weighted by Crippen LogP contribution is 2.62. The summed E-state index contributed by atoms with van der Waals surface area (Å²) in [6, 6.07) is 3.74. The van der Waals surface area contributed by atoms with Crippen LogP contribution in [-0.4, -0.2) is 27.3 Å². The zero-order valence-electron chi connectivity index (χ0n) is 12.7. The van der Waals surface area contributed by atoms with Crippen molar-refractivity contribution in [1.29, 1.82) is 0 Å². The van der Waals surface area contributed by atoms with E-state index in [0.717, 1.165) is 11.5 Å². The number of anilines is 1. The first-order chi connectivity index (χ1) is 10.9. The molecule has 3 aliphatic carbocycles. The lowest BCUT2D eigenvalue weighted by atomic mass is 9.53. The molecule has 0 amide bonds. The zero-order valence-corrected chi connectivity index (χ0v) is 12.7. The summed E-state index contributed by atoms with van der Waals surface area (Å²) < 4.78 is 41.5. The van der Waals surface area contributed by atoms with E-state index in [-0.39, 0.29) is 24.7 Å². The summed E-state index contributed by atoms with van der Waals surface area (Å²) in [6.07, 6.45) is 2.15. The fourth-order valence-electron chi connectivity index (χ4n) is 4.14. The van der Waals surface area contributed by atoms with E-state index in [1.54, 1.807) is 16.9 Å². The Kier molecular flexibility index (Phi) is 3.12.